The molecule has 0 aromatic carbocycles. The SMILES string of the molecule is Cc1csc([C@@H](NC(=O)NCC(=O)NCc2ccco2)C2CC2)n1. The van der Waals surface area contributed by atoms with Crippen LogP contribution in [0.25, 0.3) is 0 Å². The van der Waals surface area contributed by atoms with Crippen molar-refractivity contribution in [2.45, 2.75) is 32.4 Å². The molecule has 3 amide bonds. The predicted octanol–water partition coefficient (Wildman–Crippen LogP) is 2.11. The smallest absolute Gasteiger partial charge is 0.315 e. The molecular formula is C16H20N4O3S. The first-order valence-electron chi connectivity index (χ1n) is 7.87. The molecule has 128 valence electrons. The van der Waals surface area contributed by atoms with Gasteiger partial charge in [-0.15, -0.1) is 11.3 Å². The minimum Gasteiger partial charge on any atom is -0.467 e. The van der Waals surface area contributed by atoms with Crippen molar-refractivity contribution in [1.82, 2.24) is 20.9 Å². The first-order valence-corrected chi connectivity index (χ1v) is 8.75. The number of aromatic nitrogens is 1. The van der Waals surface area contributed by atoms with E-state index in [2.05, 4.69) is 20.9 Å². The zero-order valence-corrected chi connectivity index (χ0v) is 14.2. The quantitative estimate of drug-likeness (QED) is 0.714. The number of aryl methyl sites for hydroxylation is 1. The summed E-state index contributed by atoms with van der Waals surface area (Å²) in [4.78, 5) is 28.3. The summed E-state index contributed by atoms with van der Waals surface area (Å²) >= 11 is 1.56. The topological polar surface area (TPSA) is 96.3 Å². The van der Waals surface area contributed by atoms with Gasteiger partial charge in [-0.1, -0.05) is 0 Å². The Labute approximate surface area is 143 Å². The van der Waals surface area contributed by atoms with Crippen LogP contribution in [0.3, 0.4) is 0 Å². The number of thiazole rings is 1. The first kappa shape index (κ1) is 16.5. The molecule has 0 bridgehead atoms. The van der Waals surface area contributed by atoms with Gasteiger partial charge in [0.2, 0.25) is 5.91 Å². The molecule has 2 aromatic heterocycles. The van der Waals surface area contributed by atoms with Gasteiger partial charge in [-0.2, -0.15) is 0 Å². The third-order valence-corrected chi connectivity index (χ3v) is 4.78. The summed E-state index contributed by atoms with van der Waals surface area (Å²) in [6.07, 6.45) is 3.73. The van der Waals surface area contributed by atoms with Crippen LogP contribution >= 0.6 is 11.3 Å². The minimum absolute atomic E-state index is 0.0742. The number of hydrogen-bond acceptors (Lipinski definition) is 5. The highest BCUT2D eigenvalue weighted by Gasteiger charge is 2.35. The summed E-state index contributed by atoms with van der Waals surface area (Å²) in [5, 5.41) is 11.1. The average molecular weight is 348 g/mol. The fraction of sp³-hybridized carbons (Fsp3) is 0.438. The van der Waals surface area contributed by atoms with Crippen LogP contribution in [0.4, 0.5) is 4.79 Å². The Morgan fingerprint density at radius 2 is 2.25 bits per heavy atom. The highest BCUT2D eigenvalue weighted by atomic mass is 32.1. The number of rotatable bonds is 7. The van der Waals surface area contributed by atoms with Crippen LogP contribution in [-0.2, 0) is 11.3 Å². The summed E-state index contributed by atoms with van der Waals surface area (Å²) < 4.78 is 5.13. The lowest BCUT2D eigenvalue weighted by Gasteiger charge is -2.16. The van der Waals surface area contributed by atoms with E-state index in [1.807, 2.05) is 12.3 Å². The molecule has 3 N–H and O–H groups in total. The molecule has 7 nitrogen and oxygen atoms in total. The Bertz CT molecular complexity index is 694. The summed E-state index contributed by atoms with van der Waals surface area (Å²) in [5.74, 6) is 0.837. The fourth-order valence-electron chi connectivity index (χ4n) is 2.34. The van der Waals surface area contributed by atoms with Gasteiger partial charge in [-0.3, -0.25) is 4.79 Å². The molecule has 3 rings (SSSR count). The van der Waals surface area contributed by atoms with Crippen molar-refractivity contribution < 1.29 is 14.0 Å². The number of furan rings is 1. The molecule has 1 aliphatic carbocycles. The maximum atomic E-state index is 12.1. The Kier molecular flexibility index (Phi) is 5.14. The van der Waals surface area contributed by atoms with Crippen LogP contribution < -0.4 is 16.0 Å². The maximum absolute atomic E-state index is 12.1. The Balaban J connectivity index is 1.43. The molecule has 1 aliphatic rings. The van der Waals surface area contributed by atoms with Crippen molar-refractivity contribution in [2.75, 3.05) is 6.54 Å². The lowest BCUT2D eigenvalue weighted by Crippen LogP contribution is -2.43. The van der Waals surface area contributed by atoms with E-state index in [0.717, 1.165) is 23.5 Å². The molecule has 1 saturated carbocycles. The van der Waals surface area contributed by atoms with Crippen molar-refractivity contribution in [3.8, 4) is 0 Å². The monoisotopic (exact) mass is 348 g/mol. The second-order valence-corrected chi connectivity index (χ2v) is 6.72. The molecule has 0 radical (unpaired) electrons. The van der Waals surface area contributed by atoms with E-state index in [1.54, 1.807) is 29.7 Å². The van der Waals surface area contributed by atoms with Crippen molar-refractivity contribution in [3.63, 3.8) is 0 Å². The third-order valence-electron chi connectivity index (χ3n) is 3.73. The van der Waals surface area contributed by atoms with Gasteiger partial charge in [-0.25, -0.2) is 9.78 Å². The number of amides is 3. The highest BCUT2D eigenvalue weighted by molar-refractivity contribution is 7.09. The van der Waals surface area contributed by atoms with Crippen LogP contribution in [0.1, 0.15) is 35.3 Å². The first-order chi connectivity index (χ1) is 11.6. The largest absolute Gasteiger partial charge is 0.467 e. The lowest BCUT2D eigenvalue weighted by atomic mass is 10.2. The van der Waals surface area contributed by atoms with Crippen LogP contribution in [-0.4, -0.2) is 23.5 Å². The number of nitrogens with zero attached hydrogens (tertiary/aromatic N) is 1. The summed E-state index contributed by atoms with van der Waals surface area (Å²) in [7, 11) is 0. The van der Waals surface area contributed by atoms with Gasteiger partial charge in [0.15, 0.2) is 0 Å². The predicted molar refractivity (Wildman–Crippen MR) is 89.4 cm³/mol. The second kappa shape index (κ2) is 7.48. The molecule has 1 fully saturated rings. The van der Waals surface area contributed by atoms with Gasteiger partial charge < -0.3 is 20.4 Å². The van der Waals surface area contributed by atoms with Crippen molar-refractivity contribution in [2.24, 2.45) is 5.92 Å². The normalized spacial score (nSPS) is 14.9. The summed E-state index contributed by atoms with van der Waals surface area (Å²) in [5.41, 5.74) is 0.958. The molecule has 1 atom stereocenters. The van der Waals surface area contributed by atoms with Crippen molar-refractivity contribution in [3.05, 3.63) is 40.2 Å². The van der Waals surface area contributed by atoms with E-state index in [-0.39, 0.29) is 24.5 Å². The number of carbonyl (C=O) groups excluding carboxylic acids is 2. The van der Waals surface area contributed by atoms with Gasteiger partial charge in [-0.05, 0) is 37.8 Å². The molecule has 0 unspecified atom stereocenters. The molecular weight excluding hydrogens is 328 g/mol. The van der Waals surface area contributed by atoms with E-state index in [9.17, 15) is 9.59 Å². The standard InChI is InChI=1S/C16H20N4O3S/c1-10-9-24-15(19-10)14(11-4-5-11)20-16(22)18-8-13(21)17-7-12-3-2-6-23-12/h2-3,6,9,11,14H,4-5,7-8H2,1H3,(H,17,21)(H2,18,20,22)/t14-/m0/s1. The van der Waals surface area contributed by atoms with Crippen LogP contribution in [0.15, 0.2) is 28.2 Å². The van der Waals surface area contributed by atoms with Crippen molar-refractivity contribution >= 4 is 23.3 Å². The zero-order chi connectivity index (χ0) is 16.9. The average Bonchev–Trinajstić information content (AvgIpc) is 3.09. The van der Waals surface area contributed by atoms with Gasteiger partial charge >= 0.3 is 6.03 Å². The van der Waals surface area contributed by atoms with E-state index in [0.29, 0.717) is 18.2 Å². The molecule has 0 saturated heterocycles. The fourth-order valence-corrected chi connectivity index (χ4v) is 3.28. The molecule has 8 heteroatoms. The van der Waals surface area contributed by atoms with E-state index < -0.39 is 0 Å². The minimum atomic E-state index is -0.354. The Morgan fingerprint density at radius 1 is 1.42 bits per heavy atom. The van der Waals surface area contributed by atoms with Gasteiger partial charge in [0.1, 0.15) is 10.8 Å². The van der Waals surface area contributed by atoms with Crippen LogP contribution in [0.2, 0.25) is 0 Å². The molecule has 24 heavy (non-hydrogen) atoms. The number of hydrogen-bond donors (Lipinski definition) is 3. The highest BCUT2D eigenvalue weighted by Crippen LogP contribution is 2.41. The van der Waals surface area contributed by atoms with Crippen LogP contribution in [0.5, 0.6) is 0 Å². The van der Waals surface area contributed by atoms with Crippen molar-refractivity contribution in [1.29, 1.82) is 0 Å². The molecule has 2 heterocycles. The zero-order valence-electron chi connectivity index (χ0n) is 13.4. The maximum Gasteiger partial charge on any atom is 0.315 e. The Morgan fingerprint density at radius 3 is 2.88 bits per heavy atom. The van der Waals surface area contributed by atoms with E-state index in [4.69, 9.17) is 4.42 Å². The summed E-state index contributed by atoms with van der Waals surface area (Å²) in [6, 6.07) is 3.10. The number of carbonyl (C=O) groups is 2. The van der Waals surface area contributed by atoms with Gasteiger partial charge in [0.25, 0.3) is 0 Å². The second-order valence-electron chi connectivity index (χ2n) is 5.83. The number of urea groups is 1. The lowest BCUT2D eigenvalue weighted by molar-refractivity contribution is -0.120. The third kappa shape index (κ3) is 4.58. The Hall–Kier alpha value is -2.35. The molecule has 2 aromatic rings. The number of nitrogens with one attached hydrogen (secondary N) is 3. The summed E-state index contributed by atoms with van der Waals surface area (Å²) in [6.45, 7) is 2.16. The van der Waals surface area contributed by atoms with Crippen LogP contribution in [0, 0.1) is 12.8 Å². The van der Waals surface area contributed by atoms with Gasteiger partial charge in [0.05, 0.1) is 25.4 Å². The van der Waals surface area contributed by atoms with E-state index >= 15 is 0 Å². The van der Waals surface area contributed by atoms with Gasteiger partial charge in [0, 0.05) is 11.1 Å². The molecule has 0 spiro atoms. The molecule has 0 aliphatic heterocycles. The van der Waals surface area contributed by atoms with E-state index in [1.165, 1.54) is 0 Å².